The number of carbonyl (C=O) groups excluding carboxylic acids is 1. The number of methoxy groups -OCH3 is 1. The number of rotatable bonds is 6. The van der Waals surface area contributed by atoms with Gasteiger partial charge in [-0.25, -0.2) is 8.42 Å². The van der Waals surface area contributed by atoms with Crippen LogP contribution in [0.2, 0.25) is 0 Å². The van der Waals surface area contributed by atoms with Gasteiger partial charge in [0, 0.05) is 25.2 Å². The summed E-state index contributed by atoms with van der Waals surface area (Å²) in [5.41, 5.74) is 1.95. The minimum absolute atomic E-state index is 0.117. The summed E-state index contributed by atoms with van der Waals surface area (Å²) < 4.78 is 37.5. The maximum absolute atomic E-state index is 12.8. The molecule has 1 fully saturated rings. The first-order chi connectivity index (χ1) is 13.4. The molecule has 0 aliphatic carbocycles. The molecule has 0 atom stereocenters. The fourth-order valence-corrected chi connectivity index (χ4v) is 4.44. The predicted molar refractivity (Wildman–Crippen MR) is 105 cm³/mol. The van der Waals surface area contributed by atoms with E-state index in [4.69, 9.17) is 9.47 Å². The Balaban J connectivity index is 1.77. The Bertz CT molecular complexity index is 953. The smallest absolute Gasteiger partial charge is 0.251 e. The van der Waals surface area contributed by atoms with Gasteiger partial charge in [-0.15, -0.1) is 0 Å². The number of nitrogens with one attached hydrogen (secondary N) is 1. The van der Waals surface area contributed by atoms with Crippen molar-refractivity contribution in [2.24, 2.45) is 0 Å². The van der Waals surface area contributed by atoms with E-state index >= 15 is 0 Å². The van der Waals surface area contributed by atoms with Crippen molar-refractivity contribution in [3.63, 3.8) is 0 Å². The SMILES string of the molecule is COc1cccc(CNC(=O)c2cc(S(=O)(=O)N3CCOCC3)ccc2C)c1. The number of carbonyl (C=O) groups is 1. The van der Waals surface area contributed by atoms with Gasteiger partial charge in [0.15, 0.2) is 0 Å². The number of nitrogens with zero attached hydrogens (tertiary/aromatic N) is 1. The second kappa shape index (κ2) is 8.72. The number of hydrogen-bond donors (Lipinski definition) is 1. The second-order valence-corrected chi connectivity index (χ2v) is 8.47. The lowest BCUT2D eigenvalue weighted by Crippen LogP contribution is -2.40. The van der Waals surface area contributed by atoms with E-state index in [9.17, 15) is 13.2 Å². The molecular weight excluding hydrogens is 380 g/mol. The molecule has 1 saturated heterocycles. The lowest BCUT2D eigenvalue weighted by atomic mass is 10.1. The van der Waals surface area contributed by atoms with Crippen LogP contribution in [0.5, 0.6) is 5.75 Å². The van der Waals surface area contributed by atoms with Crippen molar-refractivity contribution in [3.8, 4) is 5.75 Å². The summed E-state index contributed by atoms with van der Waals surface area (Å²) in [6, 6.07) is 12.0. The summed E-state index contributed by atoms with van der Waals surface area (Å²) in [6.07, 6.45) is 0. The van der Waals surface area contributed by atoms with Crippen LogP contribution in [0, 0.1) is 6.92 Å². The van der Waals surface area contributed by atoms with E-state index in [0.29, 0.717) is 49.7 Å². The minimum atomic E-state index is -3.65. The third-order valence-corrected chi connectivity index (χ3v) is 6.54. The highest BCUT2D eigenvalue weighted by Gasteiger charge is 2.27. The van der Waals surface area contributed by atoms with Crippen LogP contribution >= 0.6 is 0 Å². The summed E-state index contributed by atoms with van der Waals surface area (Å²) in [5, 5.41) is 2.84. The van der Waals surface area contributed by atoms with Gasteiger partial charge < -0.3 is 14.8 Å². The van der Waals surface area contributed by atoms with Crippen LogP contribution in [-0.4, -0.2) is 52.0 Å². The van der Waals surface area contributed by atoms with Crippen LogP contribution in [0.15, 0.2) is 47.4 Å². The fraction of sp³-hybridized carbons (Fsp3) is 0.350. The van der Waals surface area contributed by atoms with Crippen molar-refractivity contribution in [2.75, 3.05) is 33.4 Å². The lowest BCUT2D eigenvalue weighted by molar-refractivity contribution is 0.0730. The number of amides is 1. The molecule has 1 N–H and O–H groups in total. The Morgan fingerprint density at radius 1 is 1.18 bits per heavy atom. The van der Waals surface area contributed by atoms with Crippen molar-refractivity contribution in [1.82, 2.24) is 9.62 Å². The Hall–Kier alpha value is -2.42. The third kappa shape index (κ3) is 4.52. The Labute approximate surface area is 165 Å². The maximum atomic E-state index is 12.8. The number of sulfonamides is 1. The Kier molecular flexibility index (Phi) is 6.33. The Morgan fingerprint density at radius 2 is 1.93 bits per heavy atom. The first-order valence-corrected chi connectivity index (χ1v) is 10.5. The summed E-state index contributed by atoms with van der Waals surface area (Å²) in [5.74, 6) is 0.390. The topological polar surface area (TPSA) is 84.9 Å². The molecular formula is C20H24N2O5S. The van der Waals surface area contributed by atoms with Gasteiger partial charge in [-0.3, -0.25) is 4.79 Å². The zero-order chi connectivity index (χ0) is 20.1. The zero-order valence-electron chi connectivity index (χ0n) is 16.0. The van der Waals surface area contributed by atoms with E-state index in [1.807, 2.05) is 24.3 Å². The van der Waals surface area contributed by atoms with Gasteiger partial charge in [0.1, 0.15) is 5.75 Å². The van der Waals surface area contributed by atoms with E-state index in [0.717, 1.165) is 5.56 Å². The molecule has 2 aromatic carbocycles. The molecule has 150 valence electrons. The van der Waals surface area contributed by atoms with Gasteiger partial charge in [0.25, 0.3) is 5.91 Å². The van der Waals surface area contributed by atoms with Gasteiger partial charge in [0.05, 0.1) is 25.2 Å². The molecule has 7 nitrogen and oxygen atoms in total. The molecule has 2 aromatic rings. The molecule has 1 aliphatic heterocycles. The fourth-order valence-electron chi connectivity index (χ4n) is 3.00. The molecule has 0 bridgehead atoms. The van der Waals surface area contributed by atoms with Crippen molar-refractivity contribution in [2.45, 2.75) is 18.4 Å². The first kappa shape index (κ1) is 20.3. The summed E-state index contributed by atoms with van der Waals surface area (Å²) in [4.78, 5) is 12.8. The number of aryl methyl sites for hydroxylation is 1. The summed E-state index contributed by atoms with van der Waals surface area (Å²) in [7, 11) is -2.07. The lowest BCUT2D eigenvalue weighted by Gasteiger charge is -2.26. The maximum Gasteiger partial charge on any atom is 0.251 e. The van der Waals surface area contributed by atoms with Crippen LogP contribution in [0.25, 0.3) is 0 Å². The normalized spacial score (nSPS) is 15.2. The minimum Gasteiger partial charge on any atom is -0.497 e. The molecule has 0 saturated carbocycles. The number of ether oxygens (including phenoxy) is 2. The quantitative estimate of drug-likeness (QED) is 0.796. The highest BCUT2D eigenvalue weighted by molar-refractivity contribution is 7.89. The standard InChI is InChI=1S/C20H24N2O5S/c1-15-6-7-18(28(24,25)22-8-10-27-11-9-22)13-19(15)20(23)21-14-16-4-3-5-17(12-16)26-2/h3-7,12-13H,8-11,14H2,1-2H3,(H,21,23). The van der Waals surface area contributed by atoms with E-state index in [-0.39, 0.29) is 10.8 Å². The zero-order valence-corrected chi connectivity index (χ0v) is 16.8. The third-order valence-electron chi connectivity index (χ3n) is 4.65. The summed E-state index contributed by atoms with van der Waals surface area (Å²) in [6.45, 7) is 3.47. The van der Waals surface area contributed by atoms with Crippen molar-refractivity contribution >= 4 is 15.9 Å². The Morgan fingerprint density at radius 3 is 2.64 bits per heavy atom. The largest absolute Gasteiger partial charge is 0.497 e. The molecule has 3 rings (SSSR count). The van der Waals surface area contributed by atoms with Gasteiger partial charge in [-0.05, 0) is 42.3 Å². The highest BCUT2D eigenvalue weighted by atomic mass is 32.2. The van der Waals surface area contributed by atoms with Crippen molar-refractivity contribution in [3.05, 3.63) is 59.2 Å². The van der Waals surface area contributed by atoms with E-state index in [2.05, 4.69) is 5.32 Å². The number of morpholine rings is 1. The molecule has 1 heterocycles. The van der Waals surface area contributed by atoms with Crippen LogP contribution in [0.4, 0.5) is 0 Å². The number of hydrogen-bond acceptors (Lipinski definition) is 5. The highest BCUT2D eigenvalue weighted by Crippen LogP contribution is 2.21. The van der Waals surface area contributed by atoms with E-state index in [1.54, 1.807) is 26.2 Å². The van der Waals surface area contributed by atoms with Crippen molar-refractivity contribution in [1.29, 1.82) is 0 Å². The second-order valence-electron chi connectivity index (χ2n) is 6.53. The average Bonchev–Trinajstić information content (AvgIpc) is 2.73. The monoisotopic (exact) mass is 404 g/mol. The molecule has 0 radical (unpaired) electrons. The number of benzene rings is 2. The molecule has 28 heavy (non-hydrogen) atoms. The van der Waals surface area contributed by atoms with Crippen LogP contribution in [-0.2, 0) is 21.3 Å². The average molecular weight is 404 g/mol. The summed E-state index contributed by atoms with van der Waals surface area (Å²) >= 11 is 0. The molecule has 1 amide bonds. The predicted octanol–water partition coefficient (Wildman–Crippen LogP) is 1.95. The first-order valence-electron chi connectivity index (χ1n) is 9.01. The van der Waals surface area contributed by atoms with Crippen molar-refractivity contribution < 1.29 is 22.7 Å². The van der Waals surface area contributed by atoms with Gasteiger partial charge >= 0.3 is 0 Å². The molecule has 0 aromatic heterocycles. The van der Waals surface area contributed by atoms with E-state index in [1.165, 1.54) is 10.4 Å². The van der Waals surface area contributed by atoms with E-state index < -0.39 is 10.0 Å². The van der Waals surface area contributed by atoms with Gasteiger partial charge in [-0.2, -0.15) is 4.31 Å². The van der Waals surface area contributed by atoms with Crippen LogP contribution in [0.1, 0.15) is 21.5 Å². The molecule has 8 heteroatoms. The van der Waals surface area contributed by atoms with Crippen LogP contribution < -0.4 is 10.1 Å². The van der Waals surface area contributed by atoms with Crippen LogP contribution in [0.3, 0.4) is 0 Å². The van der Waals surface area contributed by atoms with Gasteiger partial charge in [-0.1, -0.05) is 18.2 Å². The molecule has 0 unspecified atom stereocenters. The van der Waals surface area contributed by atoms with Gasteiger partial charge in [0.2, 0.25) is 10.0 Å². The molecule has 0 spiro atoms. The molecule has 1 aliphatic rings.